The van der Waals surface area contributed by atoms with Gasteiger partial charge >= 0.3 is 0 Å². The van der Waals surface area contributed by atoms with Crippen LogP contribution in [0, 0.1) is 6.92 Å². The van der Waals surface area contributed by atoms with Gasteiger partial charge in [0.2, 0.25) is 5.91 Å². The number of carbonyl (C=O) groups excluding carboxylic acids is 1. The minimum Gasteiger partial charge on any atom is -0.308 e. The van der Waals surface area contributed by atoms with Crippen LogP contribution in [0.15, 0.2) is 6.20 Å². The molecule has 0 unspecified atom stereocenters. The van der Waals surface area contributed by atoms with Crippen LogP contribution in [0.5, 0.6) is 0 Å². The molecule has 0 fully saturated rings. The van der Waals surface area contributed by atoms with Crippen LogP contribution in [0.3, 0.4) is 0 Å². The van der Waals surface area contributed by atoms with Gasteiger partial charge in [0.05, 0.1) is 6.54 Å². The Morgan fingerprint density at radius 2 is 2.24 bits per heavy atom. The van der Waals surface area contributed by atoms with E-state index in [0.717, 1.165) is 17.8 Å². The molecule has 0 atom stereocenters. The van der Waals surface area contributed by atoms with E-state index in [4.69, 9.17) is 0 Å². The van der Waals surface area contributed by atoms with Crippen molar-refractivity contribution in [3.63, 3.8) is 0 Å². The number of hydrogen-bond acceptors (Lipinski definition) is 4. The standard InChI is InChI=1S/C12H21N3OS/c1-3-4-5-6-7-13-9-11(16)15-12-14-8-10(2)17-12/h8,13H,3-7,9H2,1-2H3,(H,14,15,16). The van der Waals surface area contributed by atoms with E-state index in [9.17, 15) is 4.79 Å². The number of anilines is 1. The van der Waals surface area contributed by atoms with Gasteiger partial charge in [-0.25, -0.2) is 4.98 Å². The molecule has 1 aromatic rings. The highest BCUT2D eigenvalue weighted by Crippen LogP contribution is 2.15. The van der Waals surface area contributed by atoms with E-state index in [1.807, 2.05) is 6.92 Å². The summed E-state index contributed by atoms with van der Waals surface area (Å²) in [6.45, 7) is 5.44. The molecule has 1 aromatic heterocycles. The van der Waals surface area contributed by atoms with E-state index in [0.29, 0.717) is 11.7 Å². The lowest BCUT2D eigenvalue weighted by Gasteiger charge is -2.04. The average molecular weight is 255 g/mol. The second-order valence-electron chi connectivity index (χ2n) is 4.06. The number of aromatic nitrogens is 1. The lowest BCUT2D eigenvalue weighted by molar-refractivity contribution is -0.115. The topological polar surface area (TPSA) is 54.0 Å². The zero-order valence-electron chi connectivity index (χ0n) is 10.6. The molecule has 17 heavy (non-hydrogen) atoms. The Hall–Kier alpha value is -0.940. The Labute approximate surface area is 107 Å². The van der Waals surface area contributed by atoms with Crippen molar-refractivity contribution >= 4 is 22.4 Å². The third-order valence-corrected chi connectivity index (χ3v) is 3.19. The van der Waals surface area contributed by atoms with E-state index in [1.165, 1.54) is 30.6 Å². The molecular formula is C12H21N3OS. The van der Waals surface area contributed by atoms with Crippen LogP contribution in [-0.2, 0) is 4.79 Å². The van der Waals surface area contributed by atoms with Crippen LogP contribution in [-0.4, -0.2) is 24.0 Å². The van der Waals surface area contributed by atoms with Gasteiger partial charge in [0, 0.05) is 11.1 Å². The summed E-state index contributed by atoms with van der Waals surface area (Å²) in [4.78, 5) is 16.7. The first-order valence-corrected chi connectivity index (χ1v) is 6.97. The first-order valence-electron chi connectivity index (χ1n) is 6.15. The molecule has 5 heteroatoms. The van der Waals surface area contributed by atoms with E-state index >= 15 is 0 Å². The Morgan fingerprint density at radius 3 is 2.88 bits per heavy atom. The largest absolute Gasteiger partial charge is 0.308 e. The molecule has 1 rings (SSSR count). The SMILES string of the molecule is CCCCCCNCC(=O)Nc1ncc(C)s1. The Bertz CT molecular complexity index is 338. The summed E-state index contributed by atoms with van der Waals surface area (Å²) in [5.74, 6) is -0.0187. The molecule has 96 valence electrons. The number of amides is 1. The van der Waals surface area contributed by atoms with Crippen LogP contribution in [0.2, 0.25) is 0 Å². The maximum Gasteiger partial charge on any atom is 0.240 e. The van der Waals surface area contributed by atoms with Crippen molar-refractivity contribution in [2.45, 2.75) is 39.5 Å². The number of unbranched alkanes of at least 4 members (excludes halogenated alkanes) is 3. The van der Waals surface area contributed by atoms with Crippen molar-refractivity contribution in [3.05, 3.63) is 11.1 Å². The number of thiazole rings is 1. The molecule has 0 spiro atoms. The highest BCUT2D eigenvalue weighted by atomic mass is 32.1. The summed E-state index contributed by atoms with van der Waals surface area (Å²) in [6, 6.07) is 0. The number of nitrogens with zero attached hydrogens (tertiary/aromatic N) is 1. The first kappa shape index (κ1) is 14.1. The molecule has 0 aliphatic rings. The molecule has 4 nitrogen and oxygen atoms in total. The van der Waals surface area contributed by atoms with Gasteiger partial charge in [-0.3, -0.25) is 4.79 Å². The molecule has 1 heterocycles. The zero-order chi connectivity index (χ0) is 12.5. The number of carbonyl (C=O) groups is 1. The highest BCUT2D eigenvalue weighted by Gasteiger charge is 2.04. The zero-order valence-corrected chi connectivity index (χ0v) is 11.4. The fraction of sp³-hybridized carbons (Fsp3) is 0.667. The van der Waals surface area contributed by atoms with Gasteiger partial charge in [-0.1, -0.05) is 26.2 Å². The predicted octanol–water partition coefficient (Wildman–Crippen LogP) is 2.56. The predicted molar refractivity (Wildman–Crippen MR) is 72.5 cm³/mol. The maximum atomic E-state index is 11.5. The summed E-state index contributed by atoms with van der Waals surface area (Å²) in [7, 11) is 0. The van der Waals surface area contributed by atoms with Gasteiger partial charge in [-0.05, 0) is 19.9 Å². The Morgan fingerprint density at radius 1 is 1.41 bits per heavy atom. The van der Waals surface area contributed by atoms with Crippen LogP contribution in [0.1, 0.15) is 37.5 Å². The minimum atomic E-state index is -0.0187. The van der Waals surface area contributed by atoms with Gasteiger partial charge < -0.3 is 10.6 Å². The molecule has 0 aromatic carbocycles. The molecule has 1 amide bonds. The van der Waals surface area contributed by atoms with E-state index in [-0.39, 0.29) is 5.91 Å². The Kier molecular flexibility index (Phi) is 6.81. The molecule has 0 aliphatic carbocycles. The van der Waals surface area contributed by atoms with Crippen molar-refractivity contribution in [2.24, 2.45) is 0 Å². The van der Waals surface area contributed by atoms with Crippen LogP contribution < -0.4 is 10.6 Å². The third kappa shape index (κ3) is 6.38. The third-order valence-electron chi connectivity index (χ3n) is 2.36. The molecule has 2 N–H and O–H groups in total. The number of hydrogen-bond donors (Lipinski definition) is 2. The lowest BCUT2D eigenvalue weighted by Crippen LogP contribution is -2.28. The van der Waals surface area contributed by atoms with E-state index in [2.05, 4.69) is 22.5 Å². The molecule has 0 bridgehead atoms. The summed E-state index contributed by atoms with van der Waals surface area (Å²) in [5.41, 5.74) is 0. The summed E-state index contributed by atoms with van der Waals surface area (Å²) in [6.07, 6.45) is 6.64. The smallest absolute Gasteiger partial charge is 0.240 e. The summed E-state index contributed by atoms with van der Waals surface area (Å²) < 4.78 is 0. The average Bonchev–Trinajstić information content (AvgIpc) is 2.69. The van der Waals surface area contributed by atoms with Crippen molar-refractivity contribution in [1.82, 2.24) is 10.3 Å². The van der Waals surface area contributed by atoms with Crippen molar-refractivity contribution in [3.8, 4) is 0 Å². The second-order valence-corrected chi connectivity index (χ2v) is 5.30. The van der Waals surface area contributed by atoms with Crippen LogP contribution >= 0.6 is 11.3 Å². The molecular weight excluding hydrogens is 234 g/mol. The van der Waals surface area contributed by atoms with Gasteiger partial charge in [0.25, 0.3) is 0 Å². The first-order chi connectivity index (χ1) is 8.22. The quantitative estimate of drug-likeness (QED) is 0.702. The second kappa shape index (κ2) is 8.20. The summed E-state index contributed by atoms with van der Waals surface area (Å²) >= 11 is 1.50. The molecule has 0 aliphatic heterocycles. The maximum absolute atomic E-state index is 11.5. The lowest BCUT2D eigenvalue weighted by atomic mass is 10.2. The fourth-order valence-corrected chi connectivity index (χ4v) is 2.14. The fourth-order valence-electron chi connectivity index (χ4n) is 1.45. The van der Waals surface area contributed by atoms with Gasteiger partial charge in [-0.2, -0.15) is 0 Å². The number of aryl methyl sites for hydroxylation is 1. The highest BCUT2D eigenvalue weighted by molar-refractivity contribution is 7.15. The van der Waals surface area contributed by atoms with E-state index in [1.54, 1.807) is 6.20 Å². The molecule has 0 radical (unpaired) electrons. The summed E-state index contributed by atoms with van der Waals surface area (Å²) in [5, 5.41) is 6.59. The Balaban J connectivity index is 2.05. The van der Waals surface area contributed by atoms with Crippen molar-refractivity contribution in [2.75, 3.05) is 18.4 Å². The van der Waals surface area contributed by atoms with Crippen molar-refractivity contribution in [1.29, 1.82) is 0 Å². The monoisotopic (exact) mass is 255 g/mol. The minimum absolute atomic E-state index is 0.0187. The van der Waals surface area contributed by atoms with Crippen LogP contribution in [0.25, 0.3) is 0 Å². The number of nitrogens with one attached hydrogen (secondary N) is 2. The van der Waals surface area contributed by atoms with Gasteiger partial charge in [-0.15, -0.1) is 11.3 Å². The van der Waals surface area contributed by atoms with Crippen molar-refractivity contribution < 1.29 is 4.79 Å². The molecule has 0 saturated carbocycles. The van der Waals surface area contributed by atoms with Gasteiger partial charge in [0.1, 0.15) is 0 Å². The van der Waals surface area contributed by atoms with E-state index < -0.39 is 0 Å². The number of rotatable bonds is 8. The normalized spacial score (nSPS) is 10.5. The van der Waals surface area contributed by atoms with Crippen LogP contribution in [0.4, 0.5) is 5.13 Å². The molecule has 0 saturated heterocycles. The van der Waals surface area contributed by atoms with Gasteiger partial charge in [0.15, 0.2) is 5.13 Å².